The molecule has 1 atom stereocenters. The van der Waals surface area contributed by atoms with Gasteiger partial charge in [-0.3, -0.25) is 9.69 Å². The molecule has 1 aliphatic heterocycles. The molecule has 1 unspecified atom stereocenters. The molecule has 3 nitrogen and oxygen atoms in total. The van der Waals surface area contributed by atoms with E-state index < -0.39 is 0 Å². The van der Waals surface area contributed by atoms with Gasteiger partial charge in [-0.25, -0.2) is 0 Å². The fourth-order valence-corrected chi connectivity index (χ4v) is 4.84. The zero-order chi connectivity index (χ0) is 11.8. The van der Waals surface area contributed by atoms with E-state index in [1.165, 1.54) is 30.1 Å². The Bertz CT molecular complexity index is 206. The van der Waals surface area contributed by atoms with Crippen molar-refractivity contribution in [1.29, 1.82) is 0 Å². The number of hydrogen-bond acceptors (Lipinski definition) is 6. The Labute approximate surface area is 110 Å². The Hall–Kier alpha value is 0.480. The van der Waals surface area contributed by atoms with Crippen molar-refractivity contribution < 1.29 is 9.53 Å². The molecule has 1 saturated heterocycles. The third-order valence-corrected chi connectivity index (χ3v) is 5.86. The molecule has 1 fully saturated rings. The monoisotopic (exact) mass is 281 g/mol. The van der Waals surface area contributed by atoms with Crippen molar-refractivity contribution in [2.75, 3.05) is 41.9 Å². The number of methoxy groups -OCH3 is 1. The van der Waals surface area contributed by atoms with Gasteiger partial charge in [-0.2, -0.15) is 11.8 Å². The molecule has 0 saturated carbocycles. The molecule has 0 aromatic heterocycles. The molecule has 0 amide bonds. The fourth-order valence-electron chi connectivity index (χ4n) is 1.28. The normalized spacial score (nSPS) is 22.4. The highest BCUT2D eigenvalue weighted by Gasteiger charge is 2.21. The van der Waals surface area contributed by atoms with Crippen molar-refractivity contribution >= 4 is 41.3 Å². The Kier molecular flexibility index (Phi) is 7.77. The summed E-state index contributed by atoms with van der Waals surface area (Å²) in [5.74, 6) is 6.47. The molecule has 0 aromatic rings. The van der Waals surface area contributed by atoms with Crippen molar-refractivity contribution in [2.24, 2.45) is 0 Å². The minimum Gasteiger partial charge on any atom is -0.468 e. The van der Waals surface area contributed by atoms with Crippen LogP contribution in [0.25, 0.3) is 0 Å². The summed E-state index contributed by atoms with van der Waals surface area (Å²) in [5, 5.41) is 0. The smallest absolute Gasteiger partial charge is 0.322 e. The molecule has 0 aliphatic carbocycles. The number of ether oxygens (including phenoxy) is 1. The Morgan fingerprint density at radius 2 is 1.62 bits per heavy atom. The summed E-state index contributed by atoms with van der Waals surface area (Å²) in [6.45, 7) is 1.92. The average molecular weight is 281 g/mol. The van der Waals surface area contributed by atoms with Gasteiger partial charge >= 0.3 is 5.97 Å². The number of carbonyl (C=O) groups is 1. The summed E-state index contributed by atoms with van der Waals surface area (Å²) >= 11 is 5.82. The van der Waals surface area contributed by atoms with Gasteiger partial charge in [0.05, 0.1) is 7.11 Å². The first-order valence-electron chi connectivity index (χ1n) is 5.31. The van der Waals surface area contributed by atoms with Gasteiger partial charge in [0.2, 0.25) is 0 Å². The predicted molar refractivity (Wildman–Crippen MR) is 75.3 cm³/mol. The van der Waals surface area contributed by atoms with E-state index in [2.05, 4.69) is 4.90 Å². The summed E-state index contributed by atoms with van der Waals surface area (Å²) in [6.07, 6.45) is 0. The first-order valence-corrected chi connectivity index (χ1v) is 8.77. The highest BCUT2D eigenvalue weighted by atomic mass is 32.2. The van der Waals surface area contributed by atoms with Crippen LogP contribution in [-0.4, -0.2) is 58.8 Å². The first-order chi connectivity index (χ1) is 7.75. The van der Waals surface area contributed by atoms with Crippen LogP contribution in [0.3, 0.4) is 0 Å². The molecule has 0 radical (unpaired) electrons. The van der Waals surface area contributed by atoms with E-state index in [1.807, 2.05) is 42.2 Å². The predicted octanol–water partition coefficient (Wildman–Crippen LogP) is 1.98. The van der Waals surface area contributed by atoms with E-state index in [0.717, 1.165) is 11.8 Å². The van der Waals surface area contributed by atoms with E-state index in [0.29, 0.717) is 0 Å². The van der Waals surface area contributed by atoms with Gasteiger partial charge in [-0.05, 0) is 6.92 Å². The summed E-state index contributed by atoms with van der Waals surface area (Å²) in [6, 6.07) is -0.128. The van der Waals surface area contributed by atoms with Gasteiger partial charge in [0, 0.05) is 34.8 Å². The lowest BCUT2D eigenvalue weighted by Crippen LogP contribution is -2.39. The molecule has 0 spiro atoms. The second kappa shape index (κ2) is 8.55. The van der Waals surface area contributed by atoms with Crippen LogP contribution in [0.5, 0.6) is 0 Å². The molecule has 0 N–H and O–H groups in total. The van der Waals surface area contributed by atoms with E-state index in [4.69, 9.17) is 4.74 Å². The zero-order valence-corrected chi connectivity index (χ0v) is 12.3. The van der Waals surface area contributed by atoms with Gasteiger partial charge in [-0.1, -0.05) is 0 Å². The standard InChI is InChI=1S/C10H19NO2S3/c1-9(10(12)13-2)11-7-15-5-3-14-4-6-16-8-11/h9H,3-8H2,1-2H3. The molecule has 0 aromatic carbocycles. The minimum absolute atomic E-state index is 0.128. The average Bonchev–Trinajstić information content (AvgIpc) is 2.34. The van der Waals surface area contributed by atoms with Crippen molar-refractivity contribution in [1.82, 2.24) is 4.90 Å². The Morgan fingerprint density at radius 1 is 1.12 bits per heavy atom. The van der Waals surface area contributed by atoms with Crippen LogP contribution < -0.4 is 0 Å². The fraction of sp³-hybridized carbons (Fsp3) is 0.900. The maximum Gasteiger partial charge on any atom is 0.322 e. The second-order valence-electron chi connectivity index (χ2n) is 3.47. The van der Waals surface area contributed by atoms with Gasteiger partial charge in [0.25, 0.3) is 0 Å². The molecule has 1 aliphatic rings. The summed E-state index contributed by atoms with van der Waals surface area (Å²) in [4.78, 5) is 13.7. The summed E-state index contributed by atoms with van der Waals surface area (Å²) < 4.78 is 4.79. The molecular weight excluding hydrogens is 262 g/mol. The highest BCUT2D eigenvalue weighted by Crippen LogP contribution is 2.18. The van der Waals surface area contributed by atoms with Gasteiger partial charge < -0.3 is 4.74 Å². The molecule has 0 bridgehead atoms. The molecular formula is C10H19NO2S3. The van der Waals surface area contributed by atoms with Gasteiger partial charge in [-0.15, -0.1) is 23.5 Å². The van der Waals surface area contributed by atoms with Crippen LogP contribution in [0, 0.1) is 0 Å². The van der Waals surface area contributed by atoms with E-state index in [9.17, 15) is 4.79 Å². The van der Waals surface area contributed by atoms with Crippen LogP contribution in [0.2, 0.25) is 0 Å². The van der Waals surface area contributed by atoms with Crippen molar-refractivity contribution in [3.63, 3.8) is 0 Å². The largest absolute Gasteiger partial charge is 0.468 e. The number of esters is 1. The van der Waals surface area contributed by atoms with E-state index in [-0.39, 0.29) is 12.0 Å². The summed E-state index contributed by atoms with van der Waals surface area (Å²) in [7, 11) is 1.46. The molecule has 1 heterocycles. The van der Waals surface area contributed by atoms with Gasteiger partial charge in [0.1, 0.15) is 6.04 Å². The minimum atomic E-state index is -0.132. The lowest BCUT2D eigenvalue weighted by molar-refractivity contribution is -0.145. The Morgan fingerprint density at radius 3 is 2.12 bits per heavy atom. The number of rotatable bonds is 2. The van der Waals surface area contributed by atoms with Crippen LogP contribution in [-0.2, 0) is 9.53 Å². The maximum absolute atomic E-state index is 11.5. The first kappa shape index (κ1) is 14.5. The maximum atomic E-state index is 11.5. The lowest BCUT2D eigenvalue weighted by Gasteiger charge is -2.27. The quantitative estimate of drug-likeness (QED) is 0.719. The van der Waals surface area contributed by atoms with Crippen molar-refractivity contribution in [3.05, 3.63) is 0 Å². The highest BCUT2D eigenvalue weighted by molar-refractivity contribution is 8.04. The number of thioether (sulfide) groups is 3. The number of nitrogens with zero attached hydrogens (tertiary/aromatic N) is 1. The van der Waals surface area contributed by atoms with Crippen LogP contribution in [0.4, 0.5) is 0 Å². The molecule has 6 heteroatoms. The van der Waals surface area contributed by atoms with Crippen molar-refractivity contribution in [2.45, 2.75) is 13.0 Å². The molecule has 16 heavy (non-hydrogen) atoms. The molecule has 94 valence electrons. The SMILES string of the molecule is COC(=O)C(C)N1CSCCSCCSC1. The Balaban J connectivity index is 2.43. The van der Waals surface area contributed by atoms with E-state index >= 15 is 0 Å². The third kappa shape index (κ3) is 5.21. The van der Waals surface area contributed by atoms with E-state index in [1.54, 1.807) is 0 Å². The molecule has 1 rings (SSSR count). The second-order valence-corrected chi connectivity index (χ2v) is 6.85. The van der Waals surface area contributed by atoms with Crippen molar-refractivity contribution in [3.8, 4) is 0 Å². The zero-order valence-electron chi connectivity index (χ0n) is 9.81. The topological polar surface area (TPSA) is 29.5 Å². The van der Waals surface area contributed by atoms with Crippen LogP contribution in [0.15, 0.2) is 0 Å². The van der Waals surface area contributed by atoms with Crippen LogP contribution in [0.1, 0.15) is 6.92 Å². The number of hydrogen-bond donors (Lipinski definition) is 0. The van der Waals surface area contributed by atoms with Gasteiger partial charge in [0.15, 0.2) is 0 Å². The van der Waals surface area contributed by atoms with Crippen LogP contribution >= 0.6 is 35.3 Å². The third-order valence-electron chi connectivity index (χ3n) is 2.35. The number of carbonyl (C=O) groups excluding carboxylic acids is 1. The summed E-state index contributed by atoms with van der Waals surface area (Å²) in [5.41, 5.74) is 0. The lowest BCUT2D eigenvalue weighted by atomic mass is 10.3.